The van der Waals surface area contributed by atoms with Gasteiger partial charge in [-0.25, -0.2) is 13.6 Å². The lowest BCUT2D eigenvalue weighted by Gasteiger charge is -2.37. The van der Waals surface area contributed by atoms with Crippen LogP contribution in [0.25, 0.3) is 22.3 Å². The Kier molecular flexibility index (Phi) is 9.28. The number of carbonyl (C=O) groups excluding carboxylic acids is 1. The summed E-state index contributed by atoms with van der Waals surface area (Å²) >= 11 is 0. The largest absolute Gasteiger partial charge is 0.450 e. The van der Waals surface area contributed by atoms with Crippen molar-refractivity contribution in [2.24, 2.45) is 11.1 Å². The number of ether oxygens (including phenoxy) is 1. The molecule has 0 aliphatic heterocycles. The summed E-state index contributed by atoms with van der Waals surface area (Å²) in [5, 5.41) is 3.97. The van der Waals surface area contributed by atoms with Crippen LogP contribution in [0, 0.1) is 17.0 Å². The van der Waals surface area contributed by atoms with Crippen LogP contribution in [-0.4, -0.2) is 23.3 Å². The SMILES string of the molecule is CC(C)(C)[C@@H](NC(CCOC(N)=O)CC1c2ccccc2-c2ccccc21)c1cc(-c2cc(F)ccc2F)cn1Cc1ccccc1. The summed E-state index contributed by atoms with van der Waals surface area (Å²) in [5.74, 6) is -0.826. The van der Waals surface area contributed by atoms with Gasteiger partial charge in [-0.3, -0.25) is 0 Å². The van der Waals surface area contributed by atoms with Crippen LogP contribution in [0.4, 0.5) is 13.6 Å². The molecule has 0 spiro atoms. The zero-order chi connectivity index (χ0) is 33.1. The van der Waals surface area contributed by atoms with Gasteiger partial charge in [0, 0.05) is 41.5 Å². The molecule has 0 saturated carbocycles. The molecule has 5 aromatic rings. The fourth-order valence-corrected chi connectivity index (χ4v) is 6.94. The molecule has 4 aromatic carbocycles. The molecular weight excluding hydrogens is 592 g/mol. The normalized spacial score (nSPS) is 14.0. The summed E-state index contributed by atoms with van der Waals surface area (Å²) in [5.41, 5.74) is 13.0. The average molecular weight is 634 g/mol. The smallest absolute Gasteiger partial charge is 0.404 e. The molecule has 1 amide bonds. The molecule has 7 heteroatoms. The van der Waals surface area contributed by atoms with Crippen molar-refractivity contribution in [2.75, 3.05) is 6.61 Å². The number of nitrogens with one attached hydrogen (secondary N) is 1. The van der Waals surface area contributed by atoms with Crippen LogP contribution in [0.5, 0.6) is 0 Å². The highest BCUT2D eigenvalue weighted by atomic mass is 19.1. The van der Waals surface area contributed by atoms with Gasteiger partial charge in [-0.1, -0.05) is 99.6 Å². The van der Waals surface area contributed by atoms with Crippen molar-refractivity contribution < 1.29 is 18.3 Å². The number of hydrogen-bond acceptors (Lipinski definition) is 3. The monoisotopic (exact) mass is 633 g/mol. The third-order valence-corrected chi connectivity index (χ3v) is 9.12. The molecule has 1 heterocycles. The Morgan fingerprint density at radius 1 is 0.872 bits per heavy atom. The lowest BCUT2D eigenvalue weighted by molar-refractivity contribution is 0.144. The van der Waals surface area contributed by atoms with E-state index in [9.17, 15) is 9.18 Å². The molecule has 0 saturated heterocycles. The molecule has 2 atom stereocenters. The molecule has 0 bridgehead atoms. The summed E-state index contributed by atoms with van der Waals surface area (Å²) in [6.45, 7) is 7.24. The molecule has 0 fully saturated rings. The van der Waals surface area contributed by atoms with E-state index in [0.717, 1.165) is 23.7 Å². The van der Waals surface area contributed by atoms with Crippen molar-refractivity contribution >= 4 is 6.09 Å². The van der Waals surface area contributed by atoms with Gasteiger partial charge in [0.2, 0.25) is 0 Å². The maximum atomic E-state index is 15.1. The van der Waals surface area contributed by atoms with Crippen LogP contribution >= 0.6 is 0 Å². The van der Waals surface area contributed by atoms with Gasteiger partial charge in [0.25, 0.3) is 0 Å². The number of nitrogens with zero attached hydrogens (tertiary/aromatic N) is 1. The van der Waals surface area contributed by atoms with Crippen LogP contribution in [0.1, 0.15) is 68.0 Å². The summed E-state index contributed by atoms with van der Waals surface area (Å²) < 4.78 is 36.8. The molecule has 3 N–H and O–H groups in total. The predicted molar refractivity (Wildman–Crippen MR) is 183 cm³/mol. The van der Waals surface area contributed by atoms with Crippen LogP contribution in [-0.2, 0) is 11.3 Å². The molecule has 1 unspecified atom stereocenters. The van der Waals surface area contributed by atoms with Crippen LogP contribution in [0.15, 0.2) is 109 Å². The first-order valence-electron chi connectivity index (χ1n) is 16.1. The third-order valence-electron chi connectivity index (χ3n) is 9.12. The molecule has 242 valence electrons. The first-order valence-corrected chi connectivity index (χ1v) is 16.1. The Labute approximate surface area is 275 Å². The minimum absolute atomic E-state index is 0.0859. The van der Waals surface area contributed by atoms with E-state index >= 15 is 4.39 Å². The Morgan fingerprint density at radius 2 is 1.51 bits per heavy atom. The van der Waals surface area contributed by atoms with E-state index in [4.69, 9.17) is 10.5 Å². The van der Waals surface area contributed by atoms with E-state index in [0.29, 0.717) is 18.5 Å². The molecule has 0 radical (unpaired) electrons. The van der Waals surface area contributed by atoms with Gasteiger partial charge in [-0.2, -0.15) is 0 Å². The van der Waals surface area contributed by atoms with Crippen LogP contribution < -0.4 is 11.1 Å². The first-order chi connectivity index (χ1) is 22.6. The van der Waals surface area contributed by atoms with Gasteiger partial charge in [0.1, 0.15) is 11.6 Å². The van der Waals surface area contributed by atoms with Crippen molar-refractivity contribution in [3.05, 3.63) is 143 Å². The van der Waals surface area contributed by atoms with Gasteiger partial charge >= 0.3 is 6.09 Å². The Hall–Kier alpha value is -4.75. The first kappa shape index (κ1) is 32.2. The molecule has 1 aromatic heterocycles. The number of halogens is 2. The van der Waals surface area contributed by atoms with Crippen LogP contribution in [0.2, 0.25) is 0 Å². The highest BCUT2D eigenvalue weighted by molar-refractivity contribution is 5.78. The number of primary amides is 1. The van der Waals surface area contributed by atoms with Crippen molar-refractivity contribution in [1.82, 2.24) is 9.88 Å². The van der Waals surface area contributed by atoms with E-state index in [-0.39, 0.29) is 35.6 Å². The molecule has 6 rings (SSSR count). The quantitative estimate of drug-likeness (QED) is 0.152. The van der Waals surface area contributed by atoms with E-state index in [1.807, 2.05) is 30.5 Å². The number of aromatic nitrogens is 1. The number of carbonyl (C=O) groups is 1. The highest BCUT2D eigenvalue weighted by Crippen LogP contribution is 2.47. The summed E-state index contributed by atoms with van der Waals surface area (Å²) in [7, 11) is 0. The number of benzene rings is 4. The molecule has 47 heavy (non-hydrogen) atoms. The van der Waals surface area contributed by atoms with Crippen molar-refractivity contribution in [3.63, 3.8) is 0 Å². The standard InChI is InChI=1S/C40H41F2N3O2/c1-40(2,3)38(37-21-27(34-22-28(41)17-18-36(34)42)25-45(37)24-26-11-5-4-6-12-26)44-29(19-20-47-39(43)46)23-35-32-15-9-7-13-30(32)31-14-8-10-16-33(31)35/h4-18,21-22,25,29,35,38,44H,19-20,23-24H2,1-3H3,(H2,43,46)/t29?,38-/m0/s1. The van der Waals surface area contributed by atoms with Crippen molar-refractivity contribution in [2.45, 2.75) is 58.2 Å². The Bertz CT molecular complexity index is 1820. The Balaban J connectivity index is 1.40. The molecule has 5 nitrogen and oxygen atoms in total. The van der Waals surface area contributed by atoms with E-state index in [1.165, 1.54) is 34.4 Å². The maximum Gasteiger partial charge on any atom is 0.404 e. The summed E-state index contributed by atoms with van der Waals surface area (Å²) in [4.78, 5) is 11.6. The van der Waals surface area contributed by atoms with E-state index < -0.39 is 17.7 Å². The second-order valence-corrected chi connectivity index (χ2v) is 13.5. The van der Waals surface area contributed by atoms with Gasteiger partial charge in [0.05, 0.1) is 12.6 Å². The zero-order valence-corrected chi connectivity index (χ0v) is 27.0. The number of hydrogen-bond donors (Lipinski definition) is 2. The van der Waals surface area contributed by atoms with Crippen molar-refractivity contribution in [3.8, 4) is 22.3 Å². The fraction of sp³-hybridized carbons (Fsp3) is 0.275. The molecule has 1 aliphatic rings. The van der Waals surface area contributed by atoms with E-state index in [1.54, 1.807) is 0 Å². The summed E-state index contributed by atoms with van der Waals surface area (Å²) in [6, 6.07) is 32.4. The van der Waals surface area contributed by atoms with Gasteiger partial charge in [-0.05, 0) is 70.3 Å². The Morgan fingerprint density at radius 3 is 2.15 bits per heavy atom. The highest BCUT2D eigenvalue weighted by Gasteiger charge is 2.35. The number of fused-ring (bicyclic) bond motifs is 3. The van der Waals surface area contributed by atoms with Gasteiger partial charge in [0.15, 0.2) is 0 Å². The topological polar surface area (TPSA) is 69.3 Å². The lowest BCUT2D eigenvalue weighted by Crippen LogP contribution is -2.42. The van der Waals surface area contributed by atoms with E-state index in [2.05, 4.69) is 91.3 Å². The fourth-order valence-electron chi connectivity index (χ4n) is 6.94. The average Bonchev–Trinajstić information content (AvgIpc) is 3.59. The van der Waals surface area contributed by atoms with Gasteiger partial charge in [-0.15, -0.1) is 0 Å². The third kappa shape index (κ3) is 7.15. The lowest BCUT2D eigenvalue weighted by atomic mass is 9.82. The van der Waals surface area contributed by atoms with Gasteiger partial charge < -0.3 is 20.4 Å². The maximum absolute atomic E-state index is 15.1. The molecule has 1 aliphatic carbocycles. The summed E-state index contributed by atoms with van der Waals surface area (Å²) in [6.07, 6.45) is 2.41. The van der Waals surface area contributed by atoms with Crippen molar-refractivity contribution in [1.29, 1.82) is 0 Å². The minimum atomic E-state index is -0.800. The second-order valence-electron chi connectivity index (χ2n) is 13.5. The van der Waals surface area contributed by atoms with Crippen LogP contribution in [0.3, 0.4) is 0 Å². The molecular formula is C40H41F2N3O2. The zero-order valence-electron chi connectivity index (χ0n) is 27.0. The number of rotatable bonds is 11. The second kappa shape index (κ2) is 13.5. The number of amides is 1. The number of nitrogens with two attached hydrogens (primary N) is 1. The predicted octanol–water partition coefficient (Wildman–Crippen LogP) is 9.22. The minimum Gasteiger partial charge on any atom is -0.450 e.